The predicted octanol–water partition coefficient (Wildman–Crippen LogP) is 7.87. The number of nitrogens with two attached hydrogens (primary N) is 1. The molecule has 2 aromatic carbocycles. The van der Waals surface area contributed by atoms with E-state index in [9.17, 15) is 31.1 Å². The Kier molecular flexibility index (Phi) is 14.8. The van der Waals surface area contributed by atoms with Crippen molar-refractivity contribution in [2.45, 2.75) is 88.8 Å². The monoisotopic (exact) mass is 1090 g/mol. The molecule has 2 amide bonds. The molecule has 412 valence electrons. The number of halogens is 6. The Balaban J connectivity index is 0.000000151. The maximum atomic E-state index is 13.5. The molecule has 12 rings (SSSR count). The van der Waals surface area contributed by atoms with Crippen LogP contribution < -0.4 is 40.5 Å². The number of carbonyl (C=O) groups excluding carboxylic acids is 1. The van der Waals surface area contributed by atoms with E-state index in [2.05, 4.69) is 60.3 Å². The first-order valence-electron chi connectivity index (χ1n) is 24.9. The van der Waals surface area contributed by atoms with Gasteiger partial charge >= 0.3 is 18.4 Å². The van der Waals surface area contributed by atoms with Crippen molar-refractivity contribution in [1.82, 2.24) is 39.9 Å². The number of carbonyl (C=O) groups is 1. The lowest BCUT2D eigenvalue weighted by molar-refractivity contribution is -0.142. The molecule has 21 nitrogen and oxygen atoms in total. The van der Waals surface area contributed by atoms with Gasteiger partial charge < -0.3 is 49.3 Å². The minimum Gasteiger partial charge on any atom is -0.474 e. The fraction of sp³-hybridized carbons (Fsp3) is 0.431. The highest BCUT2D eigenvalue weighted by atomic mass is 19.4. The number of anilines is 6. The van der Waals surface area contributed by atoms with Crippen LogP contribution >= 0.6 is 0 Å². The summed E-state index contributed by atoms with van der Waals surface area (Å²) in [6.45, 7) is 12.1. The Bertz CT molecular complexity index is 3100. The third kappa shape index (κ3) is 12.6. The fourth-order valence-corrected chi connectivity index (χ4v) is 9.40. The van der Waals surface area contributed by atoms with Gasteiger partial charge in [0.1, 0.15) is 31.2 Å². The number of fused-ring (bicyclic) bond motifs is 8. The third-order valence-electron chi connectivity index (χ3n) is 13.1. The third-order valence-corrected chi connectivity index (χ3v) is 13.1. The number of ether oxygens (including phenoxy) is 6. The van der Waals surface area contributed by atoms with Crippen molar-refractivity contribution in [2.75, 3.05) is 83.7 Å². The number of urea groups is 1. The van der Waals surface area contributed by atoms with E-state index in [1.807, 2.05) is 27.7 Å². The highest BCUT2D eigenvalue weighted by Gasteiger charge is 2.42. The van der Waals surface area contributed by atoms with Crippen LogP contribution in [0.3, 0.4) is 0 Å². The van der Waals surface area contributed by atoms with Gasteiger partial charge in [-0.05, 0) is 64.8 Å². The van der Waals surface area contributed by atoms with Crippen molar-refractivity contribution in [3.63, 3.8) is 0 Å². The molecule has 0 radical (unpaired) electrons. The molecule has 0 saturated carbocycles. The van der Waals surface area contributed by atoms with E-state index < -0.39 is 41.1 Å². The van der Waals surface area contributed by atoms with E-state index in [1.54, 1.807) is 18.5 Å². The van der Waals surface area contributed by atoms with Gasteiger partial charge in [0.2, 0.25) is 11.8 Å². The maximum absolute atomic E-state index is 13.5. The Labute approximate surface area is 442 Å². The summed E-state index contributed by atoms with van der Waals surface area (Å²) in [4.78, 5) is 53.0. The molecule has 4 bridgehead atoms. The largest absolute Gasteiger partial charge is 0.474 e. The van der Waals surface area contributed by atoms with Crippen LogP contribution in [-0.2, 0) is 31.3 Å². The Morgan fingerprint density at radius 3 is 1.82 bits per heavy atom. The van der Waals surface area contributed by atoms with Gasteiger partial charge in [-0.1, -0.05) is 24.3 Å². The van der Waals surface area contributed by atoms with Gasteiger partial charge in [0.25, 0.3) is 0 Å². The number of amides is 2. The number of rotatable bonds is 9. The highest BCUT2D eigenvalue weighted by Crippen LogP contribution is 2.41. The van der Waals surface area contributed by atoms with E-state index >= 15 is 0 Å². The molecule has 4 atom stereocenters. The van der Waals surface area contributed by atoms with Crippen LogP contribution in [0.15, 0.2) is 85.7 Å². The van der Waals surface area contributed by atoms with Gasteiger partial charge in [-0.25, -0.2) is 44.7 Å². The van der Waals surface area contributed by atoms with Gasteiger partial charge in [-0.3, -0.25) is 10.2 Å². The van der Waals surface area contributed by atoms with Gasteiger partial charge in [0.15, 0.2) is 40.7 Å². The number of alkyl halides is 6. The average molecular weight is 1090 g/mol. The average Bonchev–Trinajstić information content (AvgIpc) is 4.37. The second-order valence-electron chi connectivity index (χ2n) is 19.8. The minimum atomic E-state index is -4.50. The van der Waals surface area contributed by atoms with E-state index in [4.69, 9.17) is 34.2 Å². The van der Waals surface area contributed by atoms with Gasteiger partial charge in [-0.15, -0.1) is 0 Å². The summed E-state index contributed by atoms with van der Waals surface area (Å²) in [7, 11) is 0. The molecule has 4 fully saturated rings. The molecular formula is C51H54F6N14O7. The number of nitrogen functional groups attached to an aromatic ring is 1. The lowest BCUT2D eigenvalue weighted by atomic mass is 10.1. The zero-order valence-corrected chi connectivity index (χ0v) is 42.6. The standard InChI is InChI=1S/C26H26F3N7O4.C15H13F3N4.C10H15N3O3/c1-25(2)39-14-18(40-25)13-38-21-11-30-20(10-31-21)33-24(37)36-17-6-7-35(12-17)19-9-32-22(34-23(19)36)15-4-3-5-16(8-15)26(27,28)29;16-15(17,18)10-3-1-2-9(6-10)13-19-7-12-14(21-13)20-11-4-5-22(12)8-11;1-10(2)15-6-7(16-10)5-14-9-4-12-8(11)3-13-9/h3-5,8-11,17-18H,6-7,12-14H2,1-2H3,(H,30,33,37);1-3,6-7,11H,4-5,8H2,(H,19,20,21);3-4,7H,5-6H2,1-2H3,(H2,11,12)/t17-,18-;11-;7-/m000/s1. The smallest absolute Gasteiger partial charge is 0.416 e. The molecule has 10 heterocycles. The molecule has 27 heteroatoms. The molecule has 4 saturated heterocycles. The van der Waals surface area contributed by atoms with Crippen molar-refractivity contribution >= 4 is 40.7 Å². The first-order chi connectivity index (χ1) is 37.1. The summed E-state index contributed by atoms with van der Waals surface area (Å²) in [6, 6.07) is 9.59. The zero-order valence-electron chi connectivity index (χ0n) is 42.6. The molecular weight excluding hydrogens is 1030 g/mol. The summed E-state index contributed by atoms with van der Waals surface area (Å²) in [5, 5.41) is 6.07. The van der Waals surface area contributed by atoms with Crippen LogP contribution in [0.5, 0.6) is 11.8 Å². The van der Waals surface area contributed by atoms with Crippen molar-refractivity contribution in [2.24, 2.45) is 0 Å². The summed E-state index contributed by atoms with van der Waals surface area (Å²) >= 11 is 0. The summed E-state index contributed by atoms with van der Waals surface area (Å²) in [6.07, 6.45) is 1.50. The molecule has 6 aliphatic heterocycles. The molecule has 4 N–H and O–H groups in total. The van der Waals surface area contributed by atoms with E-state index in [-0.39, 0.29) is 47.9 Å². The maximum Gasteiger partial charge on any atom is 0.416 e. The van der Waals surface area contributed by atoms with Gasteiger partial charge in [0, 0.05) is 43.3 Å². The molecule has 0 aliphatic carbocycles. The van der Waals surface area contributed by atoms with Crippen LogP contribution in [0.1, 0.15) is 51.7 Å². The number of nitrogens with one attached hydrogen (secondary N) is 2. The number of nitrogens with zero attached hydrogens (tertiary/aromatic N) is 11. The molecule has 6 aliphatic rings. The zero-order chi connectivity index (χ0) is 55.0. The molecule has 0 unspecified atom stereocenters. The van der Waals surface area contributed by atoms with Crippen molar-refractivity contribution in [1.29, 1.82) is 0 Å². The number of hydrogen-bond acceptors (Lipinski definition) is 19. The number of hydrogen-bond donors (Lipinski definition) is 3. The van der Waals surface area contributed by atoms with Crippen LogP contribution in [0, 0.1) is 0 Å². The number of aromatic nitrogens is 8. The molecule has 78 heavy (non-hydrogen) atoms. The Morgan fingerprint density at radius 2 is 1.27 bits per heavy atom. The first kappa shape index (κ1) is 53.6. The van der Waals surface area contributed by atoms with Crippen LogP contribution in [0.25, 0.3) is 22.8 Å². The lowest BCUT2D eigenvalue weighted by Crippen LogP contribution is -2.48. The highest BCUT2D eigenvalue weighted by molar-refractivity contribution is 6.04. The second kappa shape index (κ2) is 21.6. The van der Waals surface area contributed by atoms with Crippen LogP contribution in [0.2, 0.25) is 0 Å². The first-order valence-corrected chi connectivity index (χ1v) is 24.9. The van der Waals surface area contributed by atoms with Crippen molar-refractivity contribution < 1.29 is 59.6 Å². The van der Waals surface area contributed by atoms with Crippen molar-refractivity contribution in [3.8, 4) is 34.5 Å². The Morgan fingerprint density at radius 1 is 0.705 bits per heavy atom. The second-order valence-corrected chi connectivity index (χ2v) is 19.8. The van der Waals surface area contributed by atoms with E-state index in [0.717, 1.165) is 49.5 Å². The minimum absolute atomic E-state index is 0.0747. The normalized spacial score (nSPS) is 21.3. The SMILES string of the molecule is CC1(C)OC[C@H](COc2cnc(N)cn2)O1.CC1(C)OC[C@H](COc2cnc(NC(=O)N3c4nc(-c5cccc(C(F)(F)F)c5)ncc4N4CC[C@H]3C4)cn2)O1.FC(F)(F)c1cccc(-c2ncc3c(n2)N[C@H]2CCN3C2)c1. The molecule has 0 spiro atoms. The van der Waals surface area contributed by atoms with Crippen molar-refractivity contribution in [3.05, 3.63) is 96.8 Å². The fourth-order valence-electron chi connectivity index (χ4n) is 9.40. The summed E-state index contributed by atoms with van der Waals surface area (Å²) in [5.74, 6) is 1.51. The van der Waals surface area contributed by atoms with Crippen LogP contribution in [-0.4, -0.2) is 134 Å². The summed E-state index contributed by atoms with van der Waals surface area (Å²) in [5.41, 5.74) is 6.04. The van der Waals surface area contributed by atoms with E-state index in [0.29, 0.717) is 85.8 Å². The predicted molar refractivity (Wildman–Crippen MR) is 271 cm³/mol. The quantitative estimate of drug-likeness (QED) is 0.117. The molecule has 4 aromatic heterocycles. The topological polar surface area (TPSA) is 235 Å². The van der Waals surface area contributed by atoms with Gasteiger partial charge in [-0.2, -0.15) is 26.3 Å². The number of benzene rings is 2. The van der Waals surface area contributed by atoms with Gasteiger partial charge in [0.05, 0.1) is 78.9 Å². The lowest BCUT2D eigenvalue weighted by Gasteiger charge is -2.35. The molecule has 6 aromatic rings. The van der Waals surface area contributed by atoms with E-state index in [1.165, 1.54) is 47.9 Å². The van der Waals surface area contributed by atoms with Crippen LogP contribution in [0.4, 0.5) is 65.8 Å². The Hall–Kier alpha value is -7.75. The summed E-state index contributed by atoms with van der Waals surface area (Å²) < 4.78 is 111.